The number of carbonyl (C=O) groups excluding carboxylic acids is 2. The van der Waals surface area contributed by atoms with Gasteiger partial charge in [0.1, 0.15) is 0 Å². The van der Waals surface area contributed by atoms with Crippen molar-refractivity contribution in [3.8, 4) is 0 Å². The van der Waals surface area contributed by atoms with Crippen molar-refractivity contribution < 1.29 is 22.8 Å². The minimum atomic E-state index is -1.66. The number of rotatable bonds is 6. The lowest BCUT2D eigenvalue weighted by atomic mass is 10.1. The molecule has 2 amide bonds. The SMILES string of the molecule is Cc1cc(C)cc(NC(=O)CN(C)CC(=O)Nc2ccc(F)c(F)c2F)c1. The number of hydrogen-bond acceptors (Lipinski definition) is 3. The lowest BCUT2D eigenvalue weighted by molar-refractivity contribution is -0.119. The molecule has 0 bridgehead atoms. The van der Waals surface area contributed by atoms with E-state index in [1.807, 2.05) is 32.0 Å². The first-order valence-corrected chi connectivity index (χ1v) is 8.15. The van der Waals surface area contributed by atoms with Crippen LogP contribution in [0.3, 0.4) is 0 Å². The number of benzene rings is 2. The van der Waals surface area contributed by atoms with Crippen LogP contribution in [0.2, 0.25) is 0 Å². The van der Waals surface area contributed by atoms with E-state index in [9.17, 15) is 22.8 Å². The summed E-state index contributed by atoms with van der Waals surface area (Å²) in [6, 6.07) is 7.27. The monoisotopic (exact) mass is 379 g/mol. The molecule has 2 aromatic carbocycles. The Labute approximate surface area is 155 Å². The van der Waals surface area contributed by atoms with Gasteiger partial charge < -0.3 is 10.6 Å². The van der Waals surface area contributed by atoms with Crippen molar-refractivity contribution in [1.82, 2.24) is 4.90 Å². The van der Waals surface area contributed by atoms with Crippen LogP contribution < -0.4 is 10.6 Å². The maximum atomic E-state index is 13.6. The zero-order valence-corrected chi connectivity index (χ0v) is 15.2. The van der Waals surface area contributed by atoms with Crippen LogP contribution in [0.25, 0.3) is 0 Å². The Morgan fingerprint density at radius 2 is 1.44 bits per heavy atom. The van der Waals surface area contributed by atoms with Crippen molar-refractivity contribution in [2.45, 2.75) is 13.8 Å². The van der Waals surface area contributed by atoms with Gasteiger partial charge >= 0.3 is 0 Å². The highest BCUT2D eigenvalue weighted by molar-refractivity contribution is 5.94. The van der Waals surface area contributed by atoms with Gasteiger partial charge in [-0.1, -0.05) is 6.07 Å². The van der Waals surface area contributed by atoms with E-state index < -0.39 is 29.0 Å². The van der Waals surface area contributed by atoms with Gasteiger partial charge in [0.05, 0.1) is 18.8 Å². The second-order valence-corrected chi connectivity index (χ2v) is 6.37. The maximum Gasteiger partial charge on any atom is 0.238 e. The molecule has 27 heavy (non-hydrogen) atoms. The van der Waals surface area contributed by atoms with E-state index in [0.29, 0.717) is 5.69 Å². The Morgan fingerprint density at radius 3 is 2.04 bits per heavy atom. The molecular weight excluding hydrogens is 359 g/mol. The normalized spacial score (nSPS) is 10.8. The molecule has 2 N–H and O–H groups in total. The van der Waals surface area contributed by atoms with E-state index in [0.717, 1.165) is 23.3 Å². The molecule has 8 heteroatoms. The van der Waals surface area contributed by atoms with E-state index in [1.54, 1.807) is 0 Å². The van der Waals surface area contributed by atoms with Gasteiger partial charge in [0.2, 0.25) is 11.8 Å². The average molecular weight is 379 g/mol. The number of aryl methyl sites for hydroxylation is 2. The second-order valence-electron chi connectivity index (χ2n) is 6.37. The fourth-order valence-corrected chi connectivity index (χ4v) is 2.61. The van der Waals surface area contributed by atoms with Crippen LogP contribution >= 0.6 is 0 Å². The predicted octanol–water partition coefficient (Wildman–Crippen LogP) is 3.23. The van der Waals surface area contributed by atoms with Crippen LogP contribution in [-0.4, -0.2) is 36.9 Å². The third-order valence-corrected chi connectivity index (χ3v) is 3.64. The van der Waals surface area contributed by atoms with Gasteiger partial charge in [-0.2, -0.15) is 0 Å². The van der Waals surface area contributed by atoms with E-state index in [1.165, 1.54) is 11.9 Å². The summed E-state index contributed by atoms with van der Waals surface area (Å²) in [6.45, 7) is 3.51. The van der Waals surface area contributed by atoms with Gasteiger partial charge in [0, 0.05) is 5.69 Å². The first-order valence-electron chi connectivity index (χ1n) is 8.15. The molecule has 0 saturated heterocycles. The molecule has 144 valence electrons. The fourth-order valence-electron chi connectivity index (χ4n) is 2.61. The number of hydrogen-bond donors (Lipinski definition) is 2. The molecule has 5 nitrogen and oxygen atoms in total. The molecule has 2 aromatic rings. The van der Waals surface area contributed by atoms with E-state index in [-0.39, 0.29) is 19.0 Å². The number of anilines is 2. The largest absolute Gasteiger partial charge is 0.325 e. The molecule has 0 unspecified atom stereocenters. The molecule has 2 rings (SSSR count). The van der Waals surface area contributed by atoms with Crippen molar-refractivity contribution in [1.29, 1.82) is 0 Å². The Bertz CT molecular complexity index is 851. The number of halogens is 3. The van der Waals surface area contributed by atoms with Crippen molar-refractivity contribution in [2.75, 3.05) is 30.8 Å². The Hall–Kier alpha value is -2.87. The highest BCUT2D eigenvalue weighted by atomic mass is 19.2. The Balaban J connectivity index is 1.89. The molecule has 0 fully saturated rings. The van der Waals surface area contributed by atoms with Crippen molar-refractivity contribution >= 4 is 23.2 Å². The van der Waals surface area contributed by atoms with Crippen molar-refractivity contribution in [3.05, 3.63) is 58.9 Å². The number of carbonyl (C=O) groups is 2. The zero-order valence-electron chi connectivity index (χ0n) is 15.2. The number of nitrogens with one attached hydrogen (secondary N) is 2. The van der Waals surface area contributed by atoms with Crippen LogP contribution in [0.1, 0.15) is 11.1 Å². The van der Waals surface area contributed by atoms with Crippen LogP contribution in [0.5, 0.6) is 0 Å². The van der Waals surface area contributed by atoms with Crippen LogP contribution in [0, 0.1) is 31.3 Å². The molecule has 0 aliphatic heterocycles. The highest BCUT2D eigenvalue weighted by Gasteiger charge is 2.17. The number of nitrogens with zero attached hydrogens (tertiary/aromatic N) is 1. The standard InChI is InChI=1S/C19H20F3N3O2/c1-11-6-12(2)8-13(7-11)23-16(26)9-25(3)10-17(27)24-15-5-4-14(20)18(21)19(15)22/h4-8H,9-10H2,1-3H3,(H,23,26)(H,24,27). The maximum absolute atomic E-state index is 13.6. The lowest BCUT2D eigenvalue weighted by Gasteiger charge is -2.16. The summed E-state index contributed by atoms with van der Waals surface area (Å²) in [5.41, 5.74) is 2.20. The summed E-state index contributed by atoms with van der Waals surface area (Å²) in [4.78, 5) is 25.4. The Kier molecular flexibility index (Phi) is 6.57. The smallest absolute Gasteiger partial charge is 0.238 e. The first-order chi connectivity index (χ1) is 12.7. The molecule has 0 atom stereocenters. The number of amides is 2. The van der Waals surface area contributed by atoms with Crippen LogP contribution in [0.15, 0.2) is 30.3 Å². The molecule has 0 spiro atoms. The topological polar surface area (TPSA) is 61.4 Å². The first kappa shape index (κ1) is 20.4. The Morgan fingerprint density at radius 1 is 0.889 bits per heavy atom. The molecule has 0 radical (unpaired) electrons. The second kappa shape index (κ2) is 8.68. The van der Waals surface area contributed by atoms with Gasteiger partial charge in [-0.25, -0.2) is 13.2 Å². The van der Waals surface area contributed by atoms with Crippen LogP contribution in [0.4, 0.5) is 24.5 Å². The minimum absolute atomic E-state index is 0.0827. The predicted molar refractivity (Wildman–Crippen MR) is 97.0 cm³/mol. The summed E-state index contributed by atoms with van der Waals surface area (Å²) in [6.07, 6.45) is 0. The van der Waals surface area contributed by atoms with Gasteiger partial charge in [0.15, 0.2) is 17.5 Å². The van der Waals surface area contributed by atoms with Crippen molar-refractivity contribution in [3.63, 3.8) is 0 Å². The van der Waals surface area contributed by atoms with Crippen molar-refractivity contribution in [2.24, 2.45) is 0 Å². The molecule has 0 aromatic heterocycles. The summed E-state index contributed by atoms with van der Waals surface area (Å²) in [5.74, 6) is -5.46. The number of likely N-dealkylation sites (N-methyl/N-ethyl adjacent to an activating group) is 1. The minimum Gasteiger partial charge on any atom is -0.325 e. The van der Waals surface area contributed by atoms with Crippen LogP contribution in [-0.2, 0) is 9.59 Å². The molecule has 0 heterocycles. The van der Waals surface area contributed by atoms with Gasteiger partial charge in [0.25, 0.3) is 0 Å². The molecule has 0 aliphatic carbocycles. The zero-order chi connectivity index (χ0) is 20.1. The summed E-state index contributed by atoms with van der Waals surface area (Å²) in [7, 11) is 1.53. The molecular formula is C19H20F3N3O2. The lowest BCUT2D eigenvalue weighted by Crippen LogP contribution is -2.36. The quantitative estimate of drug-likeness (QED) is 0.758. The van der Waals surface area contributed by atoms with E-state index in [2.05, 4.69) is 10.6 Å². The van der Waals surface area contributed by atoms with Gasteiger partial charge in [-0.3, -0.25) is 14.5 Å². The molecule has 0 saturated carbocycles. The van der Waals surface area contributed by atoms with Gasteiger partial charge in [-0.05, 0) is 56.3 Å². The van der Waals surface area contributed by atoms with E-state index >= 15 is 0 Å². The third kappa shape index (κ3) is 5.82. The summed E-state index contributed by atoms with van der Waals surface area (Å²) < 4.78 is 39.6. The molecule has 0 aliphatic rings. The summed E-state index contributed by atoms with van der Waals surface area (Å²) in [5, 5.41) is 4.89. The van der Waals surface area contributed by atoms with E-state index in [4.69, 9.17) is 0 Å². The third-order valence-electron chi connectivity index (χ3n) is 3.64. The van der Waals surface area contributed by atoms with Gasteiger partial charge in [-0.15, -0.1) is 0 Å². The average Bonchev–Trinajstić information content (AvgIpc) is 2.54. The highest BCUT2D eigenvalue weighted by Crippen LogP contribution is 2.19. The fraction of sp³-hybridized carbons (Fsp3) is 0.263. The summed E-state index contributed by atoms with van der Waals surface area (Å²) >= 11 is 0.